The molecule has 1 aromatic carbocycles. The molecule has 1 unspecified atom stereocenters. The van der Waals surface area contributed by atoms with Crippen LogP contribution in [0.4, 0.5) is 0 Å². The second kappa shape index (κ2) is 3.96. The molecule has 84 valence electrons. The largest absolute Gasteiger partial charge is 0.479 e. The number of hydrogen-bond donors (Lipinski definition) is 2. The third-order valence-electron chi connectivity index (χ3n) is 3.15. The Morgan fingerprint density at radius 3 is 2.88 bits per heavy atom. The van der Waals surface area contributed by atoms with Crippen LogP contribution in [0.3, 0.4) is 0 Å². The summed E-state index contributed by atoms with van der Waals surface area (Å²) in [5.41, 5.74) is 0.475. The number of carbonyl (C=O) groups excluding carboxylic acids is 1. The third kappa shape index (κ3) is 1.46. The number of carboxylic acid groups (broad SMARTS) is 1. The zero-order chi connectivity index (χ0) is 11.6. The average Bonchev–Trinajstić information content (AvgIpc) is 2.29. The van der Waals surface area contributed by atoms with E-state index in [1.54, 1.807) is 12.1 Å². The highest BCUT2D eigenvalue weighted by Crippen LogP contribution is 2.35. The van der Waals surface area contributed by atoms with Crippen LogP contribution in [0.25, 0.3) is 0 Å². The molecule has 1 aliphatic rings. The second-order valence-corrected chi connectivity index (χ2v) is 3.98. The van der Waals surface area contributed by atoms with Crippen LogP contribution in [0.15, 0.2) is 24.3 Å². The molecule has 16 heavy (non-hydrogen) atoms. The van der Waals surface area contributed by atoms with Gasteiger partial charge < -0.3 is 10.4 Å². The van der Waals surface area contributed by atoms with E-state index in [-0.39, 0.29) is 0 Å². The van der Waals surface area contributed by atoms with Gasteiger partial charge in [0.05, 0.1) is 0 Å². The summed E-state index contributed by atoms with van der Waals surface area (Å²) in [4.78, 5) is 22.0. The summed E-state index contributed by atoms with van der Waals surface area (Å²) in [6.45, 7) is 0. The standard InChI is InChI=1S/C12H13NO3/c14-8-13-12(11(15)16)7-3-5-9-4-1-2-6-10(9)12/h1-2,4,6,8H,3,5,7H2,(H,13,14)(H,15,16). The number of aryl methyl sites for hydroxylation is 1. The third-order valence-corrected chi connectivity index (χ3v) is 3.15. The lowest BCUT2D eigenvalue weighted by molar-refractivity contribution is -0.147. The highest BCUT2D eigenvalue weighted by Gasteiger charge is 2.43. The lowest BCUT2D eigenvalue weighted by Crippen LogP contribution is -2.50. The molecule has 4 nitrogen and oxygen atoms in total. The molecule has 0 aliphatic heterocycles. The molecule has 2 rings (SSSR count). The van der Waals surface area contributed by atoms with Gasteiger partial charge in [-0.3, -0.25) is 4.79 Å². The van der Waals surface area contributed by atoms with Gasteiger partial charge in [0.1, 0.15) is 0 Å². The molecule has 0 saturated heterocycles. The molecule has 0 spiro atoms. The number of fused-ring (bicyclic) bond motifs is 1. The molecular weight excluding hydrogens is 206 g/mol. The van der Waals surface area contributed by atoms with Gasteiger partial charge in [-0.25, -0.2) is 4.79 Å². The predicted octanol–water partition coefficient (Wildman–Crippen LogP) is 1.05. The van der Waals surface area contributed by atoms with Crippen LogP contribution in [0.5, 0.6) is 0 Å². The molecule has 0 aromatic heterocycles. The summed E-state index contributed by atoms with van der Waals surface area (Å²) >= 11 is 0. The quantitative estimate of drug-likeness (QED) is 0.747. The van der Waals surface area contributed by atoms with Crippen molar-refractivity contribution in [3.05, 3.63) is 35.4 Å². The molecule has 1 aromatic rings. The number of rotatable bonds is 3. The Balaban J connectivity index is 2.56. The lowest BCUT2D eigenvalue weighted by Gasteiger charge is -2.34. The van der Waals surface area contributed by atoms with Crippen molar-refractivity contribution in [2.24, 2.45) is 0 Å². The van der Waals surface area contributed by atoms with Crippen molar-refractivity contribution in [1.29, 1.82) is 0 Å². The van der Waals surface area contributed by atoms with Crippen LogP contribution in [0.2, 0.25) is 0 Å². The summed E-state index contributed by atoms with van der Waals surface area (Å²) in [6.07, 6.45) is 2.55. The fraction of sp³-hybridized carbons (Fsp3) is 0.333. The molecule has 0 bridgehead atoms. The number of amides is 1. The second-order valence-electron chi connectivity index (χ2n) is 3.98. The van der Waals surface area contributed by atoms with E-state index in [4.69, 9.17) is 0 Å². The van der Waals surface area contributed by atoms with E-state index in [0.717, 1.165) is 18.4 Å². The van der Waals surface area contributed by atoms with Gasteiger partial charge in [-0.05, 0) is 30.4 Å². The summed E-state index contributed by atoms with van der Waals surface area (Å²) in [6, 6.07) is 7.38. The number of hydrogen-bond acceptors (Lipinski definition) is 2. The summed E-state index contributed by atoms with van der Waals surface area (Å²) in [5.74, 6) is -0.994. The van der Waals surface area contributed by atoms with Crippen LogP contribution >= 0.6 is 0 Å². The van der Waals surface area contributed by atoms with Crippen LogP contribution < -0.4 is 5.32 Å². The van der Waals surface area contributed by atoms with Gasteiger partial charge in [-0.2, -0.15) is 0 Å². The molecular formula is C12H13NO3. The monoisotopic (exact) mass is 219 g/mol. The Morgan fingerprint density at radius 2 is 2.19 bits per heavy atom. The summed E-state index contributed by atoms with van der Waals surface area (Å²) < 4.78 is 0. The number of nitrogens with one attached hydrogen (secondary N) is 1. The van der Waals surface area contributed by atoms with Crippen molar-refractivity contribution >= 4 is 12.4 Å². The first kappa shape index (κ1) is 10.7. The number of carbonyl (C=O) groups is 2. The molecule has 4 heteroatoms. The fourth-order valence-electron chi connectivity index (χ4n) is 2.37. The smallest absolute Gasteiger partial charge is 0.334 e. The first-order valence-electron chi connectivity index (χ1n) is 5.24. The van der Waals surface area contributed by atoms with E-state index in [1.165, 1.54) is 0 Å². The van der Waals surface area contributed by atoms with Crippen LogP contribution in [0.1, 0.15) is 24.0 Å². The summed E-state index contributed by atoms with van der Waals surface area (Å²) in [5, 5.41) is 11.8. The van der Waals surface area contributed by atoms with E-state index in [9.17, 15) is 14.7 Å². The zero-order valence-corrected chi connectivity index (χ0v) is 8.77. The van der Waals surface area contributed by atoms with Crippen LogP contribution in [-0.4, -0.2) is 17.5 Å². The molecule has 0 heterocycles. The van der Waals surface area contributed by atoms with Gasteiger partial charge in [0.25, 0.3) is 0 Å². The van der Waals surface area contributed by atoms with Crippen molar-refractivity contribution in [1.82, 2.24) is 5.32 Å². The first-order valence-corrected chi connectivity index (χ1v) is 5.24. The molecule has 1 amide bonds. The fourth-order valence-corrected chi connectivity index (χ4v) is 2.37. The molecule has 1 atom stereocenters. The minimum Gasteiger partial charge on any atom is -0.479 e. The number of benzene rings is 1. The Hall–Kier alpha value is -1.84. The topological polar surface area (TPSA) is 66.4 Å². The number of carboxylic acids is 1. The maximum Gasteiger partial charge on any atom is 0.334 e. The first-order chi connectivity index (χ1) is 7.70. The minimum atomic E-state index is -1.24. The normalized spacial score (nSPS) is 23.2. The lowest BCUT2D eigenvalue weighted by atomic mass is 9.76. The van der Waals surface area contributed by atoms with Crippen molar-refractivity contribution in [3.63, 3.8) is 0 Å². The van der Waals surface area contributed by atoms with Gasteiger partial charge in [0.2, 0.25) is 6.41 Å². The maximum absolute atomic E-state index is 11.4. The van der Waals surface area contributed by atoms with E-state index >= 15 is 0 Å². The highest BCUT2D eigenvalue weighted by atomic mass is 16.4. The van der Waals surface area contributed by atoms with Crippen molar-refractivity contribution in [2.45, 2.75) is 24.8 Å². The van der Waals surface area contributed by atoms with E-state index in [2.05, 4.69) is 5.32 Å². The van der Waals surface area contributed by atoms with Gasteiger partial charge in [0, 0.05) is 0 Å². The van der Waals surface area contributed by atoms with E-state index < -0.39 is 11.5 Å². The van der Waals surface area contributed by atoms with Gasteiger partial charge in [0.15, 0.2) is 5.54 Å². The highest BCUT2D eigenvalue weighted by molar-refractivity contribution is 5.84. The van der Waals surface area contributed by atoms with E-state index in [1.807, 2.05) is 12.1 Å². The Morgan fingerprint density at radius 1 is 1.44 bits per heavy atom. The zero-order valence-electron chi connectivity index (χ0n) is 8.77. The Labute approximate surface area is 93.3 Å². The molecule has 1 aliphatic carbocycles. The predicted molar refractivity (Wildman–Crippen MR) is 57.9 cm³/mol. The van der Waals surface area contributed by atoms with Crippen molar-refractivity contribution in [3.8, 4) is 0 Å². The maximum atomic E-state index is 11.4. The molecule has 0 saturated carbocycles. The molecule has 2 N–H and O–H groups in total. The average molecular weight is 219 g/mol. The van der Waals surface area contributed by atoms with Crippen molar-refractivity contribution in [2.75, 3.05) is 0 Å². The van der Waals surface area contributed by atoms with Gasteiger partial charge in [-0.15, -0.1) is 0 Å². The molecule has 0 fully saturated rings. The van der Waals surface area contributed by atoms with Gasteiger partial charge in [-0.1, -0.05) is 24.3 Å². The number of aliphatic carboxylic acids is 1. The minimum absolute atomic E-state index is 0.443. The van der Waals surface area contributed by atoms with Crippen LogP contribution in [0, 0.1) is 0 Å². The summed E-state index contributed by atoms with van der Waals surface area (Å²) in [7, 11) is 0. The Kier molecular flexibility index (Phi) is 2.64. The van der Waals surface area contributed by atoms with Crippen LogP contribution in [-0.2, 0) is 21.5 Å². The molecule has 0 radical (unpaired) electrons. The Bertz CT molecular complexity index is 430. The van der Waals surface area contributed by atoms with Crippen molar-refractivity contribution < 1.29 is 14.7 Å². The SMILES string of the molecule is O=CNC1(C(=O)O)CCCc2ccccc21. The van der Waals surface area contributed by atoms with E-state index in [0.29, 0.717) is 18.4 Å². The van der Waals surface area contributed by atoms with Gasteiger partial charge >= 0.3 is 5.97 Å².